The molecule has 2 aromatic carbocycles. The third-order valence-corrected chi connectivity index (χ3v) is 7.83. The number of nitrogens with one attached hydrogen (secondary N) is 1. The minimum atomic E-state index is -4.92. The van der Waals surface area contributed by atoms with Crippen molar-refractivity contribution in [2.45, 2.75) is 57.4 Å². The van der Waals surface area contributed by atoms with E-state index in [2.05, 4.69) is 34.3 Å². The number of nitrogens with zero attached hydrogens (tertiary/aromatic N) is 2. The molecule has 0 fully saturated rings. The lowest BCUT2D eigenvalue weighted by atomic mass is 9.94. The first-order valence-electron chi connectivity index (χ1n) is 12.8. The summed E-state index contributed by atoms with van der Waals surface area (Å²) in [5.41, 5.74) is 4.99. The summed E-state index contributed by atoms with van der Waals surface area (Å²) in [4.78, 5) is 20.9. The Morgan fingerprint density at radius 3 is 2.55 bits per heavy atom. The van der Waals surface area contributed by atoms with Gasteiger partial charge in [0, 0.05) is 46.4 Å². The second kappa shape index (κ2) is 10.1. The van der Waals surface area contributed by atoms with E-state index in [0.717, 1.165) is 65.0 Å². The van der Waals surface area contributed by atoms with Gasteiger partial charge in [0.05, 0.1) is 10.9 Å². The van der Waals surface area contributed by atoms with E-state index >= 15 is 0 Å². The van der Waals surface area contributed by atoms with Gasteiger partial charge in [-0.1, -0.05) is 38.7 Å². The highest BCUT2D eigenvalue weighted by atomic mass is 32.3. The van der Waals surface area contributed by atoms with Crippen LogP contribution in [0.25, 0.3) is 44.0 Å². The van der Waals surface area contributed by atoms with Gasteiger partial charge in [-0.3, -0.25) is 9.78 Å². The summed E-state index contributed by atoms with van der Waals surface area (Å²) in [6, 6.07) is 10.7. The van der Waals surface area contributed by atoms with Crippen LogP contribution in [0.4, 0.5) is 3.89 Å². The Bertz CT molecular complexity index is 1910. The molecule has 6 nitrogen and oxygen atoms in total. The molecule has 0 bridgehead atoms. The van der Waals surface area contributed by atoms with Gasteiger partial charge in [-0.2, -0.15) is 8.42 Å². The third kappa shape index (κ3) is 4.48. The number of rotatable bonds is 8. The van der Waals surface area contributed by atoms with Crippen molar-refractivity contribution in [3.05, 3.63) is 70.1 Å². The van der Waals surface area contributed by atoms with Gasteiger partial charge in [-0.25, -0.2) is 0 Å². The molecule has 3 heterocycles. The van der Waals surface area contributed by atoms with Crippen molar-refractivity contribution in [3.8, 4) is 23.5 Å². The van der Waals surface area contributed by atoms with Crippen LogP contribution in [0.15, 0.2) is 58.5 Å². The number of hydrogen-bond acceptors (Lipinski definition) is 4. The van der Waals surface area contributed by atoms with E-state index in [4.69, 9.17) is 6.42 Å². The molecule has 38 heavy (non-hydrogen) atoms. The SMILES string of the molecule is C#Cc1ccc2c(c1)[nH]c1c2c(=O)c2cc(CCCC)c(-c3cncc(S(=O)(=O)F)c3)cc2n1CCCC. The lowest BCUT2D eigenvalue weighted by Gasteiger charge is -2.17. The number of aromatic amines is 1. The van der Waals surface area contributed by atoms with Crippen LogP contribution >= 0.6 is 0 Å². The number of pyridine rings is 2. The molecule has 0 amide bonds. The largest absolute Gasteiger partial charge is 0.340 e. The molecule has 5 rings (SSSR count). The number of hydrogen-bond donors (Lipinski definition) is 1. The van der Waals surface area contributed by atoms with E-state index < -0.39 is 15.1 Å². The number of unbranched alkanes of at least 4 members (excludes halogenated alkanes) is 2. The zero-order chi connectivity index (χ0) is 27.0. The van der Waals surface area contributed by atoms with Crippen molar-refractivity contribution in [1.29, 1.82) is 0 Å². The second-order valence-corrected chi connectivity index (χ2v) is 10.9. The zero-order valence-corrected chi connectivity index (χ0v) is 22.2. The Labute approximate surface area is 220 Å². The maximum atomic E-state index is 14.0. The number of fused-ring (bicyclic) bond motifs is 4. The number of terminal acetylenes is 1. The summed E-state index contributed by atoms with van der Waals surface area (Å²) in [6.07, 6.45) is 12.5. The van der Waals surface area contributed by atoms with E-state index in [0.29, 0.717) is 34.9 Å². The van der Waals surface area contributed by atoms with Gasteiger partial charge in [0.15, 0.2) is 5.43 Å². The zero-order valence-electron chi connectivity index (χ0n) is 21.3. The van der Waals surface area contributed by atoms with E-state index in [1.807, 2.05) is 30.3 Å². The van der Waals surface area contributed by atoms with Crippen molar-refractivity contribution in [2.75, 3.05) is 0 Å². The van der Waals surface area contributed by atoms with Gasteiger partial charge < -0.3 is 9.55 Å². The van der Waals surface area contributed by atoms with Crippen LogP contribution in [-0.4, -0.2) is 23.0 Å². The van der Waals surface area contributed by atoms with E-state index in [9.17, 15) is 17.1 Å². The quantitative estimate of drug-likeness (QED) is 0.184. The number of aryl methyl sites for hydroxylation is 2. The van der Waals surface area contributed by atoms with E-state index in [1.54, 1.807) is 0 Å². The molecule has 0 spiro atoms. The molecule has 8 heteroatoms. The highest BCUT2D eigenvalue weighted by molar-refractivity contribution is 7.86. The molecule has 5 aromatic rings. The second-order valence-electron chi connectivity index (χ2n) is 9.56. The fraction of sp³-hybridized carbons (Fsp3) is 0.267. The molecule has 0 aliphatic carbocycles. The molecule has 0 radical (unpaired) electrons. The van der Waals surface area contributed by atoms with E-state index in [-0.39, 0.29) is 5.43 Å². The molecule has 0 aliphatic rings. The first-order valence-corrected chi connectivity index (χ1v) is 14.2. The van der Waals surface area contributed by atoms with Crippen molar-refractivity contribution in [1.82, 2.24) is 14.5 Å². The van der Waals surface area contributed by atoms with Crippen LogP contribution in [0.2, 0.25) is 0 Å². The van der Waals surface area contributed by atoms with Crippen molar-refractivity contribution >= 4 is 43.1 Å². The normalized spacial score (nSPS) is 11.9. The predicted molar refractivity (Wildman–Crippen MR) is 151 cm³/mol. The first kappa shape index (κ1) is 25.7. The molecule has 0 unspecified atom stereocenters. The van der Waals surface area contributed by atoms with Crippen LogP contribution in [-0.2, 0) is 23.2 Å². The van der Waals surface area contributed by atoms with Crippen LogP contribution in [0.1, 0.15) is 50.7 Å². The van der Waals surface area contributed by atoms with Gasteiger partial charge in [-0.15, -0.1) is 10.3 Å². The minimum absolute atomic E-state index is 0.0787. The smallest absolute Gasteiger partial charge is 0.333 e. The fourth-order valence-corrected chi connectivity index (χ4v) is 5.54. The van der Waals surface area contributed by atoms with E-state index in [1.165, 1.54) is 12.3 Å². The lowest BCUT2D eigenvalue weighted by molar-refractivity contribution is 0.551. The van der Waals surface area contributed by atoms with Gasteiger partial charge in [-0.05, 0) is 60.7 Å². The summed E-state index contributed by atoms with van der Waals surface area (Å²) in [6.45, 7) is 4.86. The molecule has 0 saturated carbocycles. The Balaban J connectivity index is 1.89. The standard InChI is InChI=1S/C30H28FN3O3S/c1-4-7-9-20-15-25-27(16-24(20)21-14-22(18-32-17-21)38(31,36)37)34(12-8-5-2)30-28(29(25)35)23-11-10-19(6-3)13-26(23)33-30/h3,10-11,13-18,33H,4-5,7-9,12H2,1-2H3. The van der Waals surface area contributed by atoms with Gasteiger partial charge in [0.2, 0.25) is 0 Å². The van der Waals surface area contributed by atoms with Gasteiger partial charge >= 0.3 is 10.2 Å². The summed E-state index contributed by atoms with van der Waals surface area (Å²) < 4.78 is 39.2. The lowest BCUT2D eigenvalue weighted by Crippen LogP contribution is -2.12. The Hall–Kier alpha value is -3.96. The maximum absolute atomic E-state index is 14.0. The molecule has 0 saturated heterocycles. The molecule has 3 aromatic heterocycles. The Morgan fingerprint density at radius 2 is 1.84 bits per heavy atom. The number of benzene rings is 2. The van der Waals surface area contributed by atoms with Crippen LogP contribution in [0.3, 0.4) is 0 Å². The number of H-pyrrole nitrogens is 1. The maximum Gasteiger partial charge on any atom is 0.333 e. The minimum Gasteiger partial charge on any atom is -0.340 e. The Kier molecular flexibility index (Phi) is 6.80. The number of halogens is 1. The predicted octanol–water partition coefficient (Wildman–Crippen LogP) is 6.48. The third-order valence-electron chi connectivity index (χ3n) is 7.04. The fourth-order valence-electron chi connectivity index (χ4n) is 5.09. The molecule has 0 atom stereocenters. The topological polar surface area (TPSA) is 84.8 Å². The summed E-state index contributed by atoms with van der Waals surface area (Å²) in [5.74, 6) is 2.65. The molecular formula is C30H28FN3O3S. The summed E-state index contributed by atoms with van der Waals surface area (Å²) >= 11 is 0. The Morgan fingerprint density at radius 1 is 1.05 bits per heavy atom. The molecule has 194 valence electrons. The average Bonchev–Trinajstić information content (AvgIpc) is 3.30. The molecule has 1 N–H and O–H groups in total. The molecular weight excluding hydrogens is 501 g/mol. The average molecular weight is 530 g/mol. The van der Waals surface area contributed by atoms with Crippen LogP contribution in [0.5, 0.6) is 0 Å². The molecule has 0 aliphatic heterocycles. The first-order chi connectivity index (χ1) is 18.3. The van der Waals surface area contributed by atoms with Gasteiger partial charge in [0.1, 0.15) is 10.5 Å². The van der Waals surface area contributed by atoms with Gasteiger partial charge in [0.25, 0.3) is 0 Å². The highest BCUT2D eigenvalue weighted by Gasteiger charge is 2.20. The number of aromatic nitrogens is 3. The summed E-state index contributed by atoms with van der Waals surface area (Å²) in [5, 5.41) is 2.03. The van der Waals surface area contributed by atoms with Crippen molar-refractivity contribution < 1.29 is 12.3 Å². The van der Waals surface area contributed by atoms with Crippen LogP contribution in [0, 0.1) is 12.3 Å². The highest BCUT2D eigenvalue weighted by Crippen LogP contribution is 2.33. The monoisotopic (exact) mass is 529 g/mol. The van der Waals surface area contributed by atoms with Crippen LogP contribution < -0.4 is 5.43 Å². The van der Waals surface area contributed by atoms with Crippen molar-refractivity contribution in [3.63, 3.8) is 0 Å². The summed E-state index contributed by atoms with van der Waals surface area (Å²) in [7, 11) is -4.92. The van der Waals surface area contributed by atoms with Crippen molar-refractivity contribution in [2.24, 2.45) is 0 Å².